The van der Waals surface area contributed by atoms with Crippen molar-refractivity contribution in [2.75, 3.05) is 39.6 Å². The van der Waals surface area contributed by atoms with Crippen molar-refractivity contribution in [3.63, 3.8) is 0 Å². The average molecular weight is 1410 g/mol. The Balaban J connectivity index is 5.12. The van der Waals surface area contributed by atoms with Crippen LogP contribution in [0.4, 0.5) is 0 Å². The van der Waals surface area contributed by atoms with Gasteiger partial charge in [0.1, 0.15) is 19.3 Å². The zero-order valence-electron chi connectivity index (χ0n) is 63.0. The van der Waals surface area contributed by atoms with Gasteiger partial charge in [-0.2, -0.15) is 0 Å². The first-order chi connectivity index (χ1) is 46.1. The van der Waals surface area contributed by atoms with E-state index < -0.39 is 97.5 Å². The molecule has 0 aromatic carbocycles. The molecule has 5 atom stereocenters. The number of rotatable bonds is 74. The summed E-state index contributed by atoms with van der Waals surface area (Å²) in [5.41, 5.74) is 0. The number of unbranched alkanes of at least 4 members (excludes halogenated alkanes) is 40. The molecule has 0 bridgehead atoms. The molecular weight excluding hydrogens is 1260 g/mol. The maximum absolute atomic E-state index is 13.0. The minimum Gasteiger partial charge on any atom is -0.462 e. The lowest BCUT2D eigenvalue weighted by Gasteiger charge is -2.21. The lowest BCUT2D eigenvalue weighted by atomic mass is 10.0. The lowest BCUT2D eigenvalue weighted by Crippen LogP contribution is -2.30. The monoisotopic (exact) mass is 1410 g/mol. The summed E-state index contributed by atoms with van der Waals surface area (Å²) < 4.78 is 68.4. The van der Waals surface area contributed by atoms with Crippen LogP contribution in [0.2, 0.25) is 0 Å². The van der Waals surface area contributed by atoms with Crippen molar-refractivity contribution in [1.29, 1.82) is 0 Å². The van der Waals surface area contributed by atoms with Crippen LogP contribution in [0.25, 0.3) is 0 Å². The Bertz CT molecular complexity index is 1880. The first-order valence-electron chi connectivity index (χ1n) is 39.7. The van der Waals surface area contributed by atoms with E-state index in [9.17, 15) is 43.2 Å². The Morgan fingerprint density at radius 3 is 0.646 bits per heavy atom. The van der Waals surface area contributed by atoms with Gasteiger partial charge in [-0.25, -0.2) is 9.13 Å². The molecule has 0 aliphatic carbocycles. The van der Waals surface area contributed by atoms with Gasteiger partial charge >= 0.3 is 39.5 Å². The van der Waals surface area contributed by atoms with Gasteiger partial charge < -0.3 is 33.8 Å². The Hall–Kier alpha value is -1.94. The van der Waals surface area contributed by atoms with E-state index in [1.54, 1.807) is 0 Å². The van der Waals surface area contributed by atoms with Gasteiger partial charge in [-0.15, -0.1) is 0 Å². The largest absolute Gasteiger partial charge is 0.472 e. The number of aliphatic hydroxyl groups excluding tert-OH is 1. The molecule has 0 saturated carbocycles. The molecule has 0 amide bonds. The number of phosphoric ester groups is 2. The molecule has 0 aromatic rings. The number of hydrogen-bond acceptors (Lipinski definition) is 15. The van der Waals surface area contributed by atoms with Crippen LogP contribution in [0.15, 0.2) is 0 Å². The number of aliphatic hydroxyl groups is 1. The van der Waals surface area contributed by atoms with E-state index in [2.05, 4.69) is 55.4 Å². The van der Waals surface area contributed by atoms with Crippen LogP contribution in [0, 0.1) is 23.7 Å². The lowest BCUT2D eigenvalue weighted by molar-refractivity contribution is -0.161. The van der Waals surface area contributed by atoms with Crippen LogP contribution in [0.1, 0.15) is 389 Å². The molecular formula is C77H150O17P2. The molecule has 17 nitrogen and oxygen atoms in total. The van der Waals surface area contributed by atoms with Crippen molar-refractivity contribution in [3.05, 3.63) is 0 Å². The molecule has 0 aliphatic rings. The van der Waals surface area contributed by atoms with E-state index in [1.807, 2.05) is 0 Å². The van der Waals surface area contributed by atoms with Crippen LogP contribution in [0.5, 0.6) is 0 Å². The highest BCUT2D eigenvalue weighted by molar-refractivity contribution is 7.47. The highest BCUT2D eigenvalue weighted by atomic mass is 31.2. The van der Waals surface area contributed by atoms with Crippen LogP contribution >= 0.6 is 15.6 Å². The van der Waals surface area contributed by atoms with Gasteiger partial charge in [0, 0.05) is 25.7 Å². The van der Waals surface area contributed by atoms with Gasteiger partial charge in [0.15, 0.2) is 12.2 Å². The van der Waals surface area contributed by atoms with Gasteiger partial charge in [0.05, 0.1) is 26.4 Å². The van der Waals surface area contributed by atoms with Crippen molar-refractivity contribution < 1.29 is 80.2 Å². The fraction of sp³-hybridized carbons (Fsp3) is 0.948. The predicted molar refractivity (Wildman–Crippen MR) is 391 cm³/mol. The molecule has 0 aromatic heterocycles. The average Bonchev–Trinajstić information content (AvgIpc) is 1.22. The number of carbonyl (C=O) groups excluding carboxylic acids is 4. The first-order valence-corrected chi connectivity index (χ1v) is 42.7. The number of phosphoric acid groups is 2. The second kappa shape index (κ2) is 66.3. The summed E-state index contributed by atoms with van der Waals surface area (Å²) in [6, 6.07) is 0. The number of ether oxygens (including phenoxy) is 4. The Kier molecular flexibility index (Phi) is 65.0. The van der Waals surface area contributed by atoms with Crippen LogP contribution < -0.4 is 0 Å². The quantitative estimate of drug-likeness (QED) is 0.0222. The predicted octanol–water partition coefficient (Wildman–Crippen LogP) is 22.4. The van der Waals surface area contributed by atoms with Crippen molar-refractivity contribution in [2.45, 2.75) is 408 Å². The number of carbonyl (C=O) groups is 4. The Morgan fingerprint density at radius 2 is 0.438 bits per heavy atom. The maximum atomic E-state index is 13.0. The van der Waals surface area contributed by atoms with E-state index in [0.29, 0.717) is 37.5 Å². The van der Waals surface area contributed by atoms with Crippen molar-refractivity contribution in [1.82, 2.24) is 0 Å². The molecule has 0 heterocycles. The first kappa shape index (κ1) is 94.1. The van der Waals surface area contributed by atoms with E-state index in [0.717, 1.165) is 108 Å². The molecule has 3 N–H and O–H groups in total. The molecule has 570 valence electrons. The van der Waals surface area contributed by atoms with Crippen LogP contribution in [-0.2, 0) is 65.4 Å². The minimum atomic E-state index is -4.96. The van der Waals surface area contributed by atoms with E-state index >= 15 is 0 Å². The summed E-state index contributed by atoms with van der Waals surface area (Å²) in [7, 11) is -9.91. The molecule has 3 unspecified atom stereocenters. The number of hydrogen-bond donors (Lipinski definition) is 3. The molecule has 0 saturated heterocycles. The third kappa shape index (κ3) is 70.5. The Labute approximate surface area is 588 Å². The molecule has 0 rings (SSSR count). The SMILES string of the molecule is CC(C)CCCCCCCCCCCCCCCCCCCCC(=O)OC[C@H](COP(=O)(O)OCC(O)COP(=O)(O)OC[C@@H](COC(=O)CCCCCCCCCC(C)C)OC(=O)CCCCCCCCCCCCCCCC(C)C)OC(=O)CCCCCCCCC(C)C. The second-order valence-electron chi connectivity index (χ2n) is 29.7. The second-order valence-corrected chi connectivity index (χ2v) is 32.6. The topological polar surface area (TPSA) is 237 Å². The third-order valence-electron chi connectivity index (χ3n) is 17.8. The van der Waals surface area contributed by atoms with Gasteiger partial charge in [0.2, 0.25) is 0 Å². The summed E-state index contributed by atoms with van der Waals surface area (Å²) in [6.45, 7) is 14.1. The van der Waals surface area contributed by atoms with Crippen molar-refractivity contribution in [3.8, 4) is 0 Å². The van der Waals surface area contributed by atoms with Crippen molar-refractivity contribution >= 4 is 39.5 Å². The summed E-state index contributed by atoms with van der Waals surface area (Å²) in [5, 5.41) is 10.6. The number of esters is 4. The highest BCUT2D eigenvalue weighted by Gasteiger charge is 2.30. The molecule has 0 radical (unpaired) electrons. The summed E-state index contributed by atoms with van der Waals surface area (Å²) in [5.74, 6) is 0.858. The molecule has 96 heavy (non-hydrogen) atoms. The smallest absolute Gasteiger partial charge is 0.462 e. The van der Waals surface area contributed by atoms with Gasteiger partial charge in [0.25, 0.3) is 0 Å². The third-order valence-corrected chi connectivity index (χ3v) is 19.7. The summed E-state index contributed by atoms with van der Waals surface area (Å²) in [4.78, 5) is 72.7. The van der Waals surface area contributed by atoms with E-state index in [4.69, 9.17) is 37.0 Å². The van der Waals surface area contributed by atoms with Crippen LogP contribution in [-0.4, -0.2) is 96.7 Å². The van der Waals surface area contributed by atoms with Gasteiger partial charge in [-0.3, -0.25) is 37.3 Å². The fourth-order valence-corrected chi connectivity index (χ4v) is 13.3. The Morgan fingerprint density at radius 1 is 0.260 bits per heavy atom. The zero-order chi connectivity index (χ0) is 71.0. The highest BCUT2D eigenvalue weighted by Crippen LogP contribution is 2.45. The summed E-state index contributed by atoms with van der Waals surface area (Å²) >= 11 is 0. The van der Waals surface area contributed by atoms with Gasteiger partial charge in [-0.1, -0.05) is 338 Å². The zero-order valence-corrected chi connectivity index (χ0v) is 64.8. The van der Waals surface area contributed by atoms with E-state index in [-0.39, 0.29) is 25.7 Å². The molecule has 0 spiro atoms. The minimum absolute atomic E-state index is 0.102. The van der Waals surface area contributed by atoms with Crippen LogP contribution in [0.3, 0.4) is 0 Å². The fourth-order valence-electron chi connectivity index (χ4n) is 11.7. The van der Waals surface area contributed by atoms with Gasteiger partial charge in [-0.05, 0) is 49.4 Å². The summed E-state index contributed by atoms with van der Waals surface area (Å²) in [6.07, 6.45) is 51.8. The normalized spacial score (nSPS) is 14.1. The molecule has 0 aliphatic heterocycles. The molecule has 0 fully saturated rings. The van der Waals surface area contributed by atoms with Crippen molar-refractivity contribution in [2.24, 2.45) is 23.7 Å². The molecule has 19 heteroatoms. The van der Waals surface area contributed by atoms with E-state index in [1.165, 1.54) is 186 Å². The maximum Gasteiger partial charge on any atom is 0.472 e. The standard InChI is InChI=1S/C77H150O17P2/c1-67(2)53-45-37-29-24-20-16-13-11-9-10-12-14-18-22-26-32-41-49-57-74(79)87-64-73(94-77(82)60-52-44-36-35-40-48-56-70(7)8)66-92-96(85,86)90-62-71(78)61-89-95(83,84)91-65-72(63-88-75(80)58-50-42-34-28-31-39-47-55-69(5)6)93-76(81)59-51-43-33-27-23-19-15-17-21-25-30-38-46-54-68(3)4/h67-73,78H,9-66H2,1-8H3,(H,83,84)(H,85,86)/t71?,72-,73-/m1/s1.